The van der Waals surface area contributed by atoms with Crippen molar-refractivity contribution in [3.8, 4) is 0 Å². The highest BCUT2D eigenvalue weighted by molar-refractivity contribution is 7.09. The van der Waals surface area contributed by atoms with Crippen molar-refractivity contribution < 1.29 is 5.11 Å². The Kier molecular flexibility index (Phi) is 4.47. The maximum Gasteiger partial charge on any atom is 0.0794 e. The average molecular weight is 254 g/mol. The molecule has 0 fully saturated rings. The molecule has 0 unspecified atom stereocenters. The first-order valence-electron chi connectivity index (χ1n) is 5.10. The second-order valence-corrected chi connectivity index (χ2v) is 5.28. The van der Waals surface area contributed by atoms with Crippen molar-refractivity contribution in [2.75, 3.05) is 13.2 Å². The van der Waals surface area contributed by atoms with Gasteiger partial charge in [-0.2, -0.15) is 11.3 Å². The van der Waals surface area contributed by atoms with E-state index >= 15 is 0 Å². The van der Waals surface area contributed by atoms with Crippen molar-refractivity contribution >= 4 is 22.7 Å². The first-order valence-corrected chi connectivity index (χ1v) is 6.92. The van der Waals surface area contributed by atoms with E-state index in [-0.39, 0.29) is 6.61 Å². The fourth-order valence-electron chi connectivity index (χ4n) is 1.54. The molecule has 0 saturated carbocycles. The lowest BCUT2D eigenvalue weighted by atomic mass is 10.3. The number of hydrogen-bond acceptors (Lipinski definition) is 5. The van der Waals surface area contributed by atoms with Crippen LogP contribution in [0.25, 0.3) is 0 Å². The van der Waals surface area contributed by atoms with E-state index < -0.39 is 0 Å². The summed E-state index contributed by atoms with van der Waals surface area (Å²) < 4.78 is 0. The van der Waals surface area contributed by atoms with E-state index in [0.29, 0.717) is 6.54 Å². The van der Waals surface area contributed by atoms with Gasteiger partial charge in [-0.1, -0.05) is 0 Å². The summed E-state index contributed by atoms with van der Waals surface area (Å²) in [5.41, 5.74) is 3.15. The minimum Gasteiger partial charge on any atom is -0.395 e. The first kappa shape index (κ1) is 11.7. The van der Waals surface area contributed by atoms with Gasteiger partial charge in [0.1, 0.15) is 0 Å². The molecule has 2 heterocycles. The van der Waals surface area contributed by atoms with Gasteiger partial charge < -0.3 is 5.11 Å². The van der Waals surface area contributed by atoms with Gasteiger partial charge in [0.2, 0.25) is 0 Å². The highest BCUT2D eigenvalue weighted by Gasteiger charge is 2.07. The van der Waals surface area contributed by atoms with Gasteiger partial charge in [0, 0.05) is 30.7 Å². The largest absolute Gasteiger partial charge is 0.395 e. The quantitative estimate of drug-likeness (QED) is 0.858. The van der Waals surface area contributed by atoms with Crippen LogP contribution in [0.3, 0.4) is 0 Å². The second kappa shape index (κ2) is 6.10. The van der Waals surface area contributed by atoms with E-state index in [1.54, 1.807) is 22.7 Å². The van der Waals surface area contributed by atoms with Crippen LogP contribution in [-0.4, -0.2) is 28.1 Å². The maximum absolute atomic E-state index is 9.04. The molecule has 2 aromatic rings. The number of rotatable bonds is 6. The molecule has 2 aromatic heterocycles. The number of nitrogens with zero attached hydrogens (tertiary/aromatic N) is 2. The van der Waals surface area contributed by atoms with Gasteiger partial charge in [-0.05, 0) is 22.4 Å². The zero-order valence-electron chi connectivity index (χ0n) is 8.87. The summed E-state index contributed by atoms with van der Waals surface area (Å²) in [5.74, 6) is 0. The molecule has 0 aliphatic carbocycles. The molecule has 1 N–H and O–H groups in total. The van der Waals surface area contributed by atoms with Crippen LogP contribution in [0.2, 0.25) is 0 Å². The Bertz CT molecular complexity index is 350. The van der Waals surface area contributed by atoms with E-state index in [0.717, 1.165) is 13.1 Å². The summed E-state index contributed by atoms with van der Waals surface area (Å²) in [5, 5.41) is 13.3. The fourth-order valence-corrected chi connectivity index (χ4v) is 2.83. The number of aromatic nitrogens is 1. The number of aliphatic hydroxyl groups is 1. The Morgan fingerprint density at radius 1 is 1.38 bits per heavy atom. The van der Waals surface area contributed by atoms with Gasteiger partial charge in [-0.15, -0.1) is 11.3 Å². The smallest absolute Gasteiger partial charge is 0.0794 e. The lowest BCUT2D eigenvalue weighted by Crippen LogP contribution is -2.25. The molecule has 0 bridgehead atoms. The normalized spacial score (nSPS) is 11.1. The van der Waals surface area contributed by atoms with Crippen molar-refractivity contribution in [2.24, 2.45) is 0 Å². The molecule has 2 rings (SSSR count). The number of aliphatic hydroxyl groups excluding tert-OH is 1. The highest BCUT2D eigenvalue weighted by Crippen LogP contribution is 2.14. The van der Waals surface area contributed by atoms with Crippen LogP contribution < -0.4 is 0 Å². The molecule has 0 aliphatic heterocycles. The predicted molar refractivity (Wildman–Crippen MR) is 67.6 cm³/mol. The first-order chi connectivity index (χ1) is 7.88. The van der Waals surface area contributed by atoms with Crippen LogP contribution in [0.5, 0.6) is 0 Å². The molecule has 0 aliphatic rings. The summed E-state index contributed by atoms with van der Waals surface area (Å²) in [6.45, 7) is 2.65. The maximum atomic E-state index is 9.04. The lowest BCUT2D eigenvalue weighted by Gasteiger charge is -2.19. The standard InChI is InChI=1S/C11H14N2OS2/c14-3-2-13(6-10-1-4-15-8-10)7-11-5-12-9-16-11/h1,4-5,8-9,14H,2-3,6-7H2. The molecule has 0 spiro atoms. The van der Waals surface area contributed by atoms with Crippen LogP contribution in [0.15, 0.2) is 28.5 Å². The van der Waals surface area contributed by atoms with E-state index in [9.17, 15) is 0 Å². The number of thiazole rings is 1. The zero-order chi connectivity index (χ0) is 11.2. The highest BCUT2D eigenvalue weighted by atomic mass is 32.1. The summed E-state index contributed by atoms with van der Waals surface area (Å²) in [7, 11) is 0. The molecule has 5 heteroatoms. The summed E-state index contributed by atoms with van der Waals surface area (Å²) >= 11 is 3.37. The van der Waals surface area contributed by atoms with Gasteiger partial charge in [0.05, 0.1) is 12.1 Å². The van der Waals surface area contributed by atoms with Crippen LogP contribution >= 0.6 is 22.7 Å². The average Bonchev–Trinajstić information content (AvgIpc) is 2.91. The third-order valence-electron chi connectivity index (χ3n) is 2.27. The molecular formula is C11H14N2OS2. The van der Waals surface area contributed by atoms with Crippen molar-refractivity contribution in [1.82, 2.24) is 9.88 Å². The Morgan fingerprint density at radius 3 is 2.94 bits per heavy atom. The molecule has 86 valence electrons. The molecular weight excluding hydrogens is 240 g/mol. The van der Waals surface area contributed by atoms with Gasteiger partial charge >= 0.3 is 0 Å². The SMILES string of the molecule is OCCN(Cc1ccsc1)Cc1cncs1. The van der Waals surface area contributed by atoms with Crippen molar-refractivity contribution in [3.05, 3.63) is 39.0 Å². The Balaban J connectivity index is 1.94. The van der Waals surface area contributed by atoms with Gasteiger partial charge in [-0.3, -0.25) is 9.88 Å². The van der Waals surface area contributed by atoms with E-state index in [1.165, 1.54) is 10.4 Å². The van der Waals surface area contributed by atoms with Crippen molar-refractivity contribution in [3.63, 3.8) is 0 Å². The summed E-state index contributed by atoms with van der Waals surface area (Å²) in [6.07, 6.45) is 1.89. The molecule has 0 amide bonds. The van der Waals surface area contributed by atoms with Gasteiger partial charge in [-0.25, -0.2) is 0 Å². The minimum atomic E-state index is 0.197. The van der Waals surface area contributed by atoms with Crippen LogP contribution in [0.1, 0.15) is 10.4 Å². The molecule has 3 nitrogen and oxygen atoms in total. The Labute approximate surface area is 103 Å². The predicted octanol–water partition coefficient (Wildman–Crippen LogP) is 2.20. The molecule has 0 radical (unpaired) electrons. The van der Waals surface area contributed by atoms with Crippen molar-refractivity contribution in [1.29, 1.82) is 0 Å². The molecule has 0 saturated heterocycles. The molecule has 16 heavy (non-hydrogen) atoms. The van der Waals surface area contributed by atoms with Crippen LogP contribution in [-0.2, 0) is 13.1 Å². The topological polar surface area (TPSA) is 36.4 Å². The van der Waals surface area contributed by atoms with Crippen LogP contribution in [0.4, 0.5) is 0 Å². The summed E-state index contributed by atoms with van der Waals surface area (Å²) in [4.78, 5) is 7.54. The Hall–Kier alpha value is -0.750. The van der Waals surface area contributed by atoms with Crippen molar-refractivity contribution in [2.45, 2.75) is 13.1 Å². The lowest BCUT2D eigenvalue weighted by molar-refractivity contribution is 0.185. The molecule has 0 aromatic carbocycles. The zero-order valence-corrected chi connectivity index (χ0v) is 10.5. The van der Waals surface area contributed by atoms with Gasteiger partial charge in [0.25, 0.3) is 0 Å². The monoisotopic (exact) mass is 254 g/mol. The van der Waals surface area contributed by atoms with Gasteiger partial charge in [0.15, 0.2) is 0 Å². The Morgan fingerprint density at radius 2 is 2.31 bits per heavy atom. The fraction of sp³-hybridized carbons (Fsp3) is 0.364. The number of hydrogen-bond donors (Lipinski definition) is 1. The van der Waals surface area contributed by atoms with E-state index in [1.807, 2.05) is 11.7 Å². The second-order valence-electron chi connectivity index (χ2n) is 3.53. The van der Waals surface area contributed by atoms with E-state index in [4.69, 9.17) is 5.11 Å². The minimum absolute atomic E-state index is 0.197. The van der Waals surface area contributed by atoms with E-state index in [2.05, 4.69) is 26.7 Å². The summed E-state index contributed by atoms with van der Waals surface area (Å²) in [6, 6.07) is 2.13. The molecule has 0 atom stereocenters. The third kappa shape index (κ3) is 3.38. The third-order valence-corrected chi connectivity index (χ3v) is 3.76. The van der Waals surface area contributed by atoms with Crippen LogP contribution in [0, 0.1) is 0 Å². The number of thiophene rings is 1.